The van der Waals surface area contributed by atoms with Crippen molar-refractivity contribution in [3.8, 4) is 0 Å². The smallest absolute Gasteiger partial charge is 0.167 e. The van der Waals surface area contributed by atoms with Gasteiger partial charge >= 0.3 is 0 Å². The quantitative estimate of drug-likeness (QED) is 0.635. The van der Waals surface area contributed by atoms with Crippen molar-refractivity contribution in [1.29, 1.82) is 0 Å². The summed E-state index contributed by atoms with van der Waals surface area (Å²) in [4.78, 5) is 11.0. The molecule has 0 aliphatic heterocycles. The number of hydrogen-bond acceptors (Lipinski definition) is 2. The molecule has 3 rings (SSSR count). The van der Waals surface area contributed by atoms with Crippen LogP contribution in [0.5, 0.6) is 0 Å². The second kappa shape index (κ2) is 7.77. The third-order valence-electron chi connectivity index (χ3n) is 4.29. The SMILES string of the molecule is O=Cc1ccc2c(c1)C(NC(=S)NCc1ccc(Cl)cc1)CCC2. The zero-order valence-electron chi connectivity index (χ0n) is 13.2. The second-order valence-electron chi connectivity index (χ2n) is 5.97. The molecular weight excluding hydrogens is 340 g/mol. The van der Waals surface area contributed by atoms with Crippen molar-refractivity contribution in [3.05, 3.63) is 69.7 Å². The largest absolute Gasteiger partial charge is 0.359 e. The lowest BCUT2D eigenvalue weighted by Crippen LogP contribution is -2.38. The fourth-order valence-corrected chi connectivity index (χ4v) is 3.38. The van der Waals surface area contributed by atoms with Crippen LogP contribution in [0.2, 0.25) is 5.02 Å². The Kier molecular flexibility index (Phi) is 5.48. The summed E-state index contributed by atoms with van der Waals surface area (Å²) in [6.07, 6.45) is 4.07. The topological polar surface area (TPSA) is 41.1 Å². The van der Waals surface area contributed by atoms with E-state index < -0.39 is 0 Å². The van der Waals surface area contributed by atoms with Gasteiger partial charge < -0.3 is 10.6 Å². The van der Waals surface area contributed by atoms with E-state index in [1.165, 1.54) is 11.1 Å². The summed E-state index contributed by atoms with van der Waals surface area (Å²) in [6.45, 7) is 0.650. The standard InChI is InChI=1S/C19H19ClN2OS/c20-16-8-5-13(6-9-16)11-21-19(24)22-18-3-1-2-15-7-4-14(12-23)10-17(15)18/h4-10,12,18H,1-3,11H2,(H2,21,22,24). The normalized spacial score (nSPS) is 16.1. The number of carbonyl (C=O) groups excluding carboxylic acids is 1. The highest BCUT2D eigenvalue weighted by Gasteiger charge is 2.21. The van der Waals surface area contributed by atoms with Gasteiger partial charge in [-0.1, -0.05) is 35.9 Å². The Balaban J connectivity index is 1.63. The van der Waals surface area contributed by atoms with Crippen molar-refractivity contribution >= 4 is 35.2 Å². The van der Waals surface area contributed by atoms with E-state index >= 15 is 0 Å². The summed E-state index contributed by atoms with van der Waals surface area (Å²) in [5.41, 5.74) is 4.31. The van der Waals surface area contributed by atoms with Crippen LogP contribution in [0.25, 0.3) is 0 Å². The molecule has 0 bridgehead atoms. The molecule has 2 aromatic rings. The van der Waals surface area contributed by atoms with Crippen LogP contribution >= 0.6 is 23.8 Å². The predicted octanol–water partition coefficient (Wildman–Crippen LogP) is 4.19. The molecule has 3 nitrogen and oxygen atoms in total. The molecule has 24 heavy (non-hydrogen) atoms. The molecule has 0 spiro atoms. The van der Waals surface area contributed by atoms with Crippen LogP contribution in [0, 0.1) is 0 Å². The predicted molar refractivity (Wildman–Crippen MR) is 102 cm³/mol. The van der Waals surface area contributed by atoms with Crippen molar-refractivity contribution in [3.63, 3.8) is 0 Å². The lowest BCUT2D eigenvalue weighted by molar-refractivity contribution is 0.112. The van der Waals surface area contributed by atoms with Gasteiger partial charge in [0.2, 0.25) is 0 Å². The van der Waals surface area contributed by atoms with Gasteiger partial charge in [-0.25, -0.2) is 0 Å². The minimum atomic E-state index is 0.152. The molecule has 124 valence electrons. The Hall–Kier alpha value is -1.91. The van der Waals surface area contributed by atoms with Crippen molar-refractivity contribution in [2.75, 3.05) is 0 Å². The first-order chi connectivity index (χ1) is 11.7. The van der Waals surface area contributed by atoms with E-state index in [1.54, 1.807) is 0 Å². The summed E-state index contributed by atoms with van der Waals surface area (Å²) in [5.74, 6) is 0. The molecule has 5 heteroatoms. The average Bonchev–Trinajstić information content (AvgIpc) is 2.61. The Labute approximate surface area is 152 Å². The van der Waals surface area contributed by atoms with Crippen molar-refractivity contribution < 1.29 is 4.79 Å². The van der Waals surface area contributed by atoms with Gasteiger partial charge in [-0.2, -0.15) is 0 Å². The van der Waals surface area contributed by atoms with Gasteiger partial charge in [0, 0.05) is 17.1 Å². The van der Waals surface area contributed by atoms with Crippen molar-refractivity contribution in [2.45, 2.75) is 31.8 Å². The molecule has 0 fully saturated rings. The van der Waals surface area contributed by atoms with Crippen LogP contribution in [-0.2, 0) is 13.0 Å². The molecule has 1 aliphatic carbocycles. The molecule has 1 unspecified atom stereocenters. The maximum atomic E-state index is 11.0. The molecule has 0 radical (unpaired) electrons. The van der Waals surface area contributed by atoms with Gasteiger partial charge in [0.25, 0.3) is 0 Å². The van der Waals surface area contributed by atoms with Gasteiger partial charge in [-0.15, -0.1) is 0 Å². The molecular formula is C19H19ClN2OS. The van der Waals surface area contributed by atoms with E-state index in [-0.39, 0.29) is 6.04 Å². The first-order valence-corrected chi connectivity index (χ1v) is 8.81. The van der Waals surface area contributed by atoms with Crippen molar-refractivity contribution in [2.24, 2.45) is 0 Å². The highest BCUT2D eigenvalue weighted by Crippen LogP contribution is 2.30. The number of rotatable bonds is 4. The molecule has 2 N–H and O–H groups in total. The van der Waals surface area contributed by atoms with Gasteiger partial charge in [-0.3, -0.25) is 4.79 Å². The highest BCUT2D eigenvalue weighted by molar-refractivity contribution is 7.80. The van der Waals surface area contributed by atoms with E-state index in [9.17, 15) is 4.79 Å². The van der Waals surface area contributed by atoms with Crippen molar-refractivity contribution in [1.82, 2.24) is 10.6 Å². The maximum absolute atomic E-state index is 11.0. The fraction of sp³-hybridized carbons (Fsp3) is 0.263. The number of thiocarbonyl (C=S) groups is 1. The van der Waals surface area contributed by atoms with E-state index in [4.69, 9.17) is 23.8 Å². The number of halogens is 1. The van der Waals surface area contributed by atoms with Crippen LogP contribution in [-0.4, -0.2) is 11.4 Å². The summed E-state index contributed by atoms with van der Waals surface area (Å²) >= 11 is 11.3. The molecule has 0 saturated carbocycles. The molecule has 1 aliphatic rings. The monoisotopic (exact) mass is 358 g/mol. The zero-order chi connectivity index (χ0) is 16.9. The highest BCUT2D eigenvalue weighted by atomic mass is 35.5. The van der Waals surface area contributed by atoms with E-state index in [1.807, 2.05) is 36.4 Å². The molecule has 1 atom stereocenters. The Morgan fingerprint density at radius 2 is 2.04 bits per heavy atom. The van der Waals surface area contributed by atoms with Crippen LogP contribution in [0.3, 0.4) is 0 Å². The van der Waals surface area contributed by atoms with Gasteiger partial charge in [-0.05, 0) is 66.4 Å². The average molecular weight is 359 g/mol. The van der Waals surface area contributed by atoms with E-state index in [0.717, 1.165) is 36.1 Å². The van der Waals surface area contributed by atoms with Crippen LogP contribution in [0.15, 0.2) is 42.5 Å². The Morgan fingerprint density at radius 1 is 1.25 bits per heavy atom. The van der Waals surface area contributed by atoms with Crippen LogP contribution in [0.4, 0.5) is 0 Å². The Bertz CT molecular complexity index is 746. The number of benzene rings is 2. The minimum absolute atomic E-state index is 0.152. The lowest BCUT2D eigenvalue weighted by atomic mass is 9.87. The summed E-state index contributed by atoms with van der Waals surface area (Å²) in [7, 11) is 0. The fourth-order valence-electron chi connectivity index (χ4n) is 3.03. The van der Waals surface area contributed by atoms with Gasteiger partial charge in [0.1, 0.15) is 6.29 Å². The van der Waals surface area contributed by atoms with E-state index in [0.29, 0.717) is 17.2 Å². The first kappa shape index (κ1) is 16.9. The van der Waals surface area contributed by atoms with Gasteiger partial charge in [0.15, 0.2) is 5.11 Å². The molecule has 0 saturated heterocycles. The molecule has 0 amide bonds. The molecule has 0 aromatic heterocycles. The van der Waals surface area contributed by atoms with E-state index in [2.05, 4.69) is 16.7 Å². The number of aryl methyl sites for hydroxylation is 1. The number of fused-ring (bicyclic) bond motifs is 1. The third kappa shape index (κ3) is 4.13. The van der Waals surface area contributed by atoms with Crippen LogP contribution in [0.1, 0.15) is 45.9 Å². The molecule has 2 aromatic carbocycles. The minimum Gasteiger partial charge on any atom is -0.359 e. The number of hydrogen-bond donors (Lipinski definition) is 2. The summed E-state index contributed by atoms with van der Waals surface area (Å²) < 4.78 is 0. The third-order valence-corrected chi connectivity index (χ3v) is 4.81. The molecule has 0 heterocycles. The number of nitrogens with one attached hydrogen (secondary N) is 2. The van der Waals surface area contributed by atoms with Gasteiger partial charge in [0.05, 0.1) is 6.04 Å². The lowest BCUT2D eigenvalue weighted by Gasteiger charge is -2.28. The number of aldehydes is 1. The zero-order valence-corrected chi connectivity index (χ0v) is 14.8. The summed E-state index contributed by atoms with van der Waals surface area (Å²) in [6, 6.07) is 13.7. The Morgan fingerprint density at radius 3 is 2.79 bits per heavy atom. The van der Waals surface area contributed by atoms with Crippen LogP contribution < -0.4 is 10.6 Å². The number of carbonyl (C=O) groups is 1. The maximum Gasteiger partial charge on any atom is 0.167 e. The summed E-state index contributed by atoms with van der Waals surface area (Å²) in [5, 5.41) is 7.97. The second-order valence-corrected chi connectivity index (χ2v) is 6.82. The first-order valence-electron chi connectivity index (χ1n) is 8.02.